The van der Waals surface area contributed by atoms with Crippen molar-refractivity contribution in [3.63, 3.8) is 0 Å². The lowest BCUT2D eigenvalue weighted by Gasteiger charge is -2.19. The zero-order valence-corrected chi connectivity index (χ0v) is 9.78. The third kappa shape index (κ3) is 1.63. The van der Waals surface area contributed by atoms with Crippen molar-refractivity contribution in [3.05, 3.63) is 16.0 Å². The van der Waals surface area contributed by atoms with Gasteiger partial charge in [-0.25, -0.2) is 4.79 Å². The Morgan fingerprint density at radius 3 is 2.93 bits per heavy atom. The molecule has 0 saturated heterocycles. The van der Waals surface area contributed by atoms with E-state index in [1.807, 2.05) is 0 Å². The molecule has 1 atom stereocenters. The number of thiophene rings is 1. The summed E-state index contributed by atoms with van der Waals surface area (Å²) in [6.07, 6.45) is 3.32. The summed E-state index contributed by atoms with van der Waals surface area (Å²) >= 11 is 1.60. The maximum Gasteiger partial charge on any atom is 0.339 e. The van der Waals surface area contributed by atoms with Crippen molar-refractivity contribution in [1.82, 2.24) is 0 Å². The van der Waals surface area contributed by atoms with Gasteiger partial charge in [0.15, 0.2) is 0 Å². The zero-order chi connectivity index (χ0) is 11.0. The molecule has 1 aromatic heterocycles. The van der Waals surface area contributed by atoms with Crippen LogP contribution >= 0.6 is 11.3 Å². The minimum Gasteiger partial charge on any atom is -0.478 e. The number of rotatable bonds is 2. The fourth-order valence-corrected chi connectivity index (χ4v) is 3.61. The molecular formula is C11H15NO2S. The highest BCUT2D eigenvalue weighted by Crippen LogP contribution is 2.43. The fraction of sp³-hybridized carbons (Fsp3) is 0.545. The minimum atomic E-state index is -0.800. The number of carbonyl (C=O) groups is 1. The highest BCUT2D eigenvalue weighted by Gasteiger charge is 2.28. The molecule has 0 radical (unpaired) electrons. The van der Waals surface area contributed by atoms with Gasteiger partial charge in [0.05, 0.1) is 5.56 Å². The van der Waals surface area contributed by atoms with Crippen molar-refractivity contribution in [2.75, 3.05) is 12.4 Å². The van der Waals surface area contributed by atoms with Gasteiger partial charge in [0.1, 0.15) is 5.00 Å². The predicted molar refractivity (Wildman–Crippen MR) is 62.2 cm³/mol. The van der Waals surface area contributed by atoms with Crippen LogP contribution in [-0.2, 0) is 6.42 Å². The molecular weight excluding hydrogens is 210 g/mol. The predicted octanol–water partition coefficient (Wildman–Crippen LogP) is 2.93. The van der Waals surface area contributed by atoms with E-state index >= 15 is 0 Å². The summed E-state index contributed by atoms with van der Waals surface area (Å²) < 4.78 is 0. The molecule has 0 aliphatic heterocycles. The quantitative estimate of drug-likeness (QED) is 0.813. The molecule has 2 rings (SSSR count). The SMILES string of the molecule is CNc1sc2c(c1C(=O)O)C(C)CCC2. The van der Waals surface area contributed by atoms with Crippen LogP contribution in [0.3, 0.4) is 0 Å². The van der Waals surface area contributed by atoms with Crippen molar-refractivity contribution in [1.29, 1.82) is 0 Å². The summed E-state index contributed by atoms with van der Waals surface area (Å²) in [5.41, 5.74) is 1.58. The number of anilines is 1. The molecule has 1 aromatic rings. The van der Waals surface area contributed by atoms with E-state index < -0.39 is 5.97 Å². The van der Waals surface area contributed by atoms with Gasteiger partial charge in [0.25, 0.3) is 0 Å². The lowest BCUT2D eigenvalue weighted by atomic mass is 9.86. The molecule has 2 N–H and O–H groups in total. The van der Waals surface area contributed by atoms with Gasteiger partial charge in [0, 0.05) is 11.9 Å². The maximum absolute atomic E-state index is 11.2. The van der Waals surface area contributed by atoms with Crippen LogP contribution < -0.4 is 5.32 Å². The smallest absolute Gasteiger partial charge is 0.339 e. The number of fused-ring (bicyclic) bond motifs is 1. The summed E-state index contributed by atoms with van der Waals surface area (Å²) in [5, 5.41) is 13.0. The summed E-state index contributed by atoms with van der Waals surface area (Å²) in [4.78, 5) is 12.5. The molecule has 0 fully saturated rings. The first kappa shape index (κ1) is 10.5. The van der Waals surface area contributed by atoms with Gasteiger partial charge in [-0.3, -0.25) is 0 Å². The second kappa shape index (κ2) is 3.85. The van der Waals surface area contributed by atoms with Crippen LogP contribution in [0, 0.1) is 0 Å². The molecule has 1 aliphatic rings. The Balaban J connectivity index is 2.59. The summed E-state index contributed by atoms with van der Waals surface area (Å²) in [6.45, 7) is 2.12. The topological polar surface area (TPSA) is 49.3 Å². The Hall–Kier alpha value is -1.03. The van der Waals surface area contributed by atoms with Gasteiger partial charge in [-0.2, -0.15) is 0 Å². The van der Waals surface area contributed by atoms with Gasteiger partial charge in [0.2, 0.25) is 0 Å². The van der Waals surface area contributed by atoms with E-state index in [2.05, 4.69) is 12.2 Å². The Morgan fingerprint density at radius 2 is 2.33 bits per heavy atom. The zero-order valence-electron chi connectivity index (χ0n) is 8.96. The molecule has 82 valence electrons. The minimum absolute atomic E-state index is 0.387. The van der Waals surface area contributed by atoms with Crippen LogP contribution in [-0.4, -0.2) is 18.1 Å². The average Bonchev–Trinajstić information content (AvgIpc) is 2.57. The highest BCUT2D eigenvalue weighted by molar-refractivity contribution is 7.16. The summed E-state index contributed by atoms with van der Waals surface area (Å²) in [6, 6.07) is 0. The van der Waals surface area contributed by atoms with Gasteiger partial charge in [-0.1, -0.05) is 6.92 Å². The van der Waals surface area contributed by atoms with E-state index in [0.29, 0.717) is 11.5 Å². The number of nitrogens with one attached hydrogen (secondary N) is 1. The molecule has 0 saturated carbocycles. The van der Waals surface area contributed by atoms with Crippen molar-refractivity contribution < 1.29 is 9.90 Å². The highest BCUT2D eigenvalue weighted by atomic mass is 32.1. The monoisotopic (exact) mass is 225 g/mol. The largest absolute Gasteiger partial charge is 0.478 e. The van der Waals surface area contributed by atoms with Gasteiger partial charge < -0.3 is 10.4 Å². The molecule has 15 heavy (non-hydrogen) atoms. The van der Waals surface area contributed by atoms with Crippen molar-refractivity contribution in [3.8, 4) is 0 Å². The Labute approximate surface area is 93.1 Å². The van der Waals surface area contributed by atoms with Crippen molar-refractivity contribution in [2.24, 2.45) is 0 Å². The van der Waals surface area contributed by atoms with Crippen LogP contribution in [0.25, 0.3) is 0 Å². The third-order valence-electron chi connectivity index (χ3n) is 3.00. The number of aryl methyl sites for hydroxylation is 1. The molecule has 1 unspecified atom stereocenters. The molecule has 3 nitrogen and oxygen atoms in total. The first-order valence-electron chi connectivity index (χ1n) is 5.21. The Bertz CT molecular complexity index is 398. The van der Waals surface area contributed by atoms with Crippen molar-refractivity contribution >= 4 is 22.3 Å². The van der Waals surface area contributed by atoms with Crippen LogP contribution in [0.2, 0.25) is 0 Å². The van der Waals surface area contributed by atoms with E-state index in [9.17, 15) is 9.90 Å². The standard InChI is InChI=1S/C11H15NO2S/c1-6-4-3-5-7-8(6)9(11(13)14)10(12-2)15-7/h6,12H,3-5H2,1-2H3,(H,13,14). The molecule has 0 spiro atoms. The van der Waals surface area contributed by atoms with E-state index in [1.165, 1.54) is 11.3 Å². The molecule has 1 aliphatic carbocycles. The number of aromatic carboxylic acids is 1. The Kier molecular flexibility index (Phi) is 2.69. The second-order valence-electron chi connectivity index (χ2n) is 3.99. The lowest BCUT2D eigenvalue weighted by molar-refractivity contribution is 0.0696. The lowest BCUT2D eigenvalue weighted by Crippen LogP contribution is -2.10. The molecule has 1 heterocycles. The fourth-order valence-electron chi connectivity index (χ4n) is 2.30. The average molecular weight is 225 g/mol. The maximum atomic E-state index is 11.2. The number of hydrogen-bond donors (Lipinski definition) is 2. The van der Waals surface area contributed by atoms with E-state index in [0.717, 1.165) is 23.4 Å². The van der Waals surface area contributed by atoms with Gasteiger partial charge in [-0.05, 0) is 30.7 Å². The van der Waals surface area contributed by atoms with Crippen LogP contribution in [0.4, 0.5) is 5.00 Å². The first-order chi connectivity index (χ1) is 7.15. The van der Waals surface area contributed by atoms with E-state index in [-0.39, 0.29) is 0 Å². The van der Waals surface area contributed by atoms with Crippen LogP contribution in [0.5, 0.6) is 0 Å². The molecule has 0 bridgehead atoms. The molecule has 0 amide bonds. The van der Waals surface area contributed by atoms with Crippen molar-refractivity contribution in [2.45, 2.75) is 32.1 Å². The van der Waals surface area contributed by atoms with E-state index in [4.69, 9.17) is 0 Å². The third-order valence-corrected chi connectivity index (χ3v) is 4.28. The second-order valence-corrected chi connectivity index (χ2v) is 5.10. The van der Waals surface area contributed by atoms with E-state index in [1.54, 1.807) is 18.4 Å². The number of carboxylic acids is 1. The van der Waals surface area contributed by atoms with Crippen LogP contribution in [0.15, 0.2) is 0 Å². The molecule has 0 aromatic carbocycles. The van der Waals surface area contributed by atoms with Gasteiger partial charge in [-0.15, -0.1) is 11.3 Å². The normalized spacial score (nSPS) is 19.7. The summed E-state index contributed by atoms with van der Waals surface area (Å²) in [7, 11) is 1.79. The number of hydrogen-bond acceptors (Lipinski definition) is 3. The number of carboxylic acid groups (broad SMARTS) is 1. The Morgan fingerprint density at radius 1 is 1.60 bits per heavy atom. The first-order valence-corrected chi connectivity index (χ1v) is 6.03. The van der Waals surface area contributed by atoms with Gasteiger partial charge >= 0.3 is 5.97 Å². The molecule has 4 heteroatoms. The summed E-state index contributed by atoms with van der Waals surface area (Å²) in [5.74, 6) is -0.413. The van der Waals surface area contributed by atoms with Crippen LogP contribution in [0.1, 0.15) is 46.5 Å².